The minimum Gasteiger partial charge on any atom is -0.493 e. The van der Waals surface area contributed by atoms with Crippen LogP contribution in [0.3, 0.4) is 0 Å². The average molecular weight is 182 g/mol. The van der Waals surface area contributed by atoms with Crippen LogP contribution in [-0.4, -0.2) is 14.9 Å². The van der Waals surface area contributed by atoms with Gasteiger partial charge in [0, 0.05) is 12.1 Å². The largest absolute Gasteiger partial charge is 0.493 e. The number of rotatable bonds is 3. The average Bonchev–Trinajstić information content (AvgIpc) is 2.33. The van der Waals surface area contributed by atoms with Gasteiger partial charge in [0.25, 0.3) is 0 Å². The van der Waals surface area contributed by atoms with E-state index in [4.69, 9.17) is 0 Å². The lowest BCUT2D eigenvalue weighted by Gasteiger charge is -1.99. The maximum Gasteiger partial charge on any atom is 0.212 e. The molecule has 0 saturated heterocycles. The molecule has 0 amide bonds. The predicted molar refractivity (Wildman–Crippen MR) is 53.0 cm³/mol. The SMILES string of the molecule is CCCn1nc(C(C)C)c(C)c1O. The smallest absolute Gasteiger partial charge is 0.212 e. The van der Waals surface area contributed by atoms with Crippen LogP contribution in [0.25, 0.3) is 0 Å². The Morgan fingerprint density at radius 2 is 2.08 bits per heavy atom. The van der Waals surface area contributed by atoms with E-state index >= 15 is 0 Å². The van der Waals surface area contributed by atoms with E-state index < -0.39 is 0 Å². The fourth-order valence-electron chi connectivity index (χ4n) is 1.48. The molecule has 0 bridgehead atoms. The molecule has 0 saturated carbocycles. The summed E-state index contributed by atoms with van der Waals surface area (Å²) < 4.78 is 1.69. The summed E-state index contributed by atoms with van der Waals surface area (Å²) in [6.07, 6.45) is 0.992. The summed E-state index contributed by atoms with van der Waals surface area (Å²) in [6.45, 7) is 8.96. The minimum atomic E-state index is 0.325. The van der Waals surface area contributed by atoms with Gasteiger partial charge in [-0.25, -0.2) is 4.68 Å². The number of aromatic nitrogens is 2. The van der Waals surface area contributed by atoms with E-state index in [2.05, 4.69) is 25.9 Å². The maximum absolute atomic E-state index is 9.70. The lowest BCUT2D eigenvalue weighted by Crippen LogP contribution is -1.99. The van der Waals surface area contributed by atoms with E-state index in [0.29, 0.717) is 11.8 Å². The highest BCUT2D eigenvalue weighted by Gasteiger charge is 2.14. The van der Waals surface area contributed by atoms with Crippen LogP contribution >= 0.6 is 0 Å². The predicted octanol–water partition coefficient (Wildman–Crippen LogP) is 2.43. The van der Waals surface area contributed by atoms with E-state index in [9.17, 15) is 5.11 Å². The van der Waals surface area contributed by atoms with Crippen molar-refractivity contribution in [2.45, 2.75) is 46.6 Å². The quantitative estimate of drug-likeness (QED) is 0.779. The highest BCUT2D eigenvalue weighted by atomic mass is 16.3. The molecule has 0 aromatic carbocycles. The van der Waals surface area contributed by atoms with Gasteiger partial charge in [0.05, 0.1) is 5.69 Å². The highest BCUT2D eigenvalue weighted by molar-refractivity contribution is 5.30. The van der Waals surface area contributed by atoms with Crippen LogP contribution in [0.5, 0.6) is 5.88 Å². The van der Waals surface area contributed by atoms with Gasteiger partial charge in [0.15, 0.2) is 0 Å². The Labute approximate surface area is 79.4 Å². The first-order valence-corrected chi connectivity index (χ1v) is 4.84. The van der Waals surface area contributed by atoms with E-state index in [1.165, 1.54) is 0 Å². The molecule has 0 unspecified atom stereocenters. The first-order chi connectivity index (χ1) is 6.07. The Morgan fingerprint density at radius 1 is 1.46 bits per heavy atom. The van der Waals surface area contributed by atoms with Crippen molar-refractivity contribution < 1.29 is 5.11 Å². The number of aryl methyl sites for hydroxylation is 1. The molecule has 3 heteroatoms. The minimum absolute atomic E-state index is 0.325. The molecular formula is C10H18N2O. The Kier molecular flexibility index (Phi) is 2.96. The fraction of sp³-hybridized carbons (Fsp3) is 0.700. The number of aromatic hydroxyl groups is 1. The molecule has 0 radical (unpaired) electrons. The highest BCUT2D eigenvalue weighted by Crippen LogP contribution is 2.25. The van der Waals surface area contributed by atoms with E-state index in [0.717, 1.165) is 24.2 Å². The Hall–Kier alpha value is -0.990. The molecule has 13 heavy (non-hydrogen) atoms. The summed E-state index contributed by atoms with van der Waals surface area (Å²) in [6, 6.07) is 0. The van der Waals surface area contributed by atoms with Crippen molar-refractivity contribution in [1.29, 1.82) is 0 Å². The molecule has 0 aliphatic heterocycles. The van der Waals surface area contributed by atoms with E-state index in [1.54, 1.807) is 4.68 Å². The van der Waals surface area contributed by atoms with Crippen LogP contribution in [0, 0.1) is 6.92 Å². The third kappa shape index (κ3) is 1.85. The molecule has 1 rings (SSSR count). The Balaban J connectivity index is 3.05. The molecule has 0 aliphatic carbocycles. The normalized spacial score (nSPS) is 11.2. The van der Waals surface area contributed by atoms with E-state index in [1.807, 2.05) is 6.92 Å². The zero-order chi connectivity index (χ0) is 10.0. The van der Waals surface area contributed by atoms with Gasteiger partial charge in [-0.1, -0.05) is 20.8 Å². The zero-order valence-corrected chi connectivity index (χ0v) is 8.83. The first kappa shape index (κ1) is 10.1. The summed E-state index contributed by atoms with van der Waals surface area (Å²) in [5.41, 5.74) is 1.93. The molecule has 1 aromatic heterocycles. The number of hydrogen-bond acceptors (Lipinski definition) is 2. The summed E-state index contributed by atoms with van der Waals surface area (Å²) in [5, 5.41) is 14.1. The van der Waals surface area contributed by atoms with Crippen molar-refractivity contribution in [1.82, 2.24) is 9.78 Å². The first-order valence-electron chi connectivity index (χ1n) is 4.84. The topological polar surface area (TPSA) is 38.0 Å². The third-order valence-electron chi connectivity index (χ3n) is 2.17. The summed E-state index contributed by atoms with van der Waals surface area (Å²) in [4.78, 5) is 0. The molecule has 0 fully saturated rings. The second-order valence-corrected chi connectivity index (χ2v) is 3.71. The van der Waals surface area contributed by atoms with Gasteiger partial charge >= 0.3 is 0 Å². The summed E-state index contributed by atoms with van der Waals surface area (Å²) in [7, 11) is 0. The Morgan fingerprint density at radius 3 is 2.46 bits per heavy atom. The fourth-order valence-corrected chi connectivity index (χ4v) is 1.48. The van der Waals surface area contributed by atoms with Crippen molar-refractivity contribution in [3.8, 4) is 5.88 Å². The third-order valence-corrected chi connectivity index (χ3v) is 2.17. The van der Waals surface area contributed by atoms with Crippen LogP contribution in [0.15, 0.2) is 0 Å². The van der Waals surface area contributed by atoms with E-state index in [-0.39, 0.29) is 0 Å². The molecule has 0 aliphatic rings. The van der Waals surface area contributed by atoms with Crippen LogP contribution in [-0.2, 0) is 6.54 Å². The molecule has 0 atom stereocenters. The van der Waals surface area contributed by atoms with Gasteiger partial charge in [-0.05, 0) is 19.3 Å². The van der Waals surface area contributed by atoms with Gasteiger partial charge in [-0.3, -0.25) is 0 Å². The van der Waals surface area contributed by atoms with Crippen molar-refractivity contribution in [2.75, 3.05) is 0 Å². The summed E-state index contributed by atoms with van der Waals surface area (Å²) in [5.74, 6) is 0.703. The molecule has 1 N–H and O–H groups in total. The molecular weight excluding hydrogens is 164 g/mol. The van der Waals surface area contributed by atoms with Crippen LogP contribution in [0.1, 0.15) is 44.4 Å². The zero-order valence-electron chi connectivity index (χ0n) is 8.83. The van der Waals surface area contributed by atoms with Gasteiger partial charge < -0.3 is 5.11 Å². The van der Waals surface area contributed by atoms with Gasteiger partial charge in [0.2, 0.25) is 5.88 Å². The second kappa shape index (κ2) is 3.81. The van der Waals surface area contributed by atoms with Crippen molar-refractivity contribution in [3.63, 3.8) is 0 Å². The molecule has 1 heterocycles. The molecule has 0 spiro atoms. The number of hydrogen-bond donors (Lipinski definition) is 1. The van der Waals surface area contributed by atoms with Crippen LogP contribution < -0.4 is 0 Å². The van der Waals surface area contributed by atoms with Crippen molar-refractivity contribution in [3.05, 3.63) is 11.3 Å². The monoisotopic (exact) mass is 182 g/mol. The van der Waals surface area contributed by atoms with Gasteiger partial charge in [-0.2, -0.15) is 5.10 Å². The molecule has 1 aromatic rings. The van der Waals surface area contributed by atoms with Crippen LogP contribution in [0.2, 0.25) is 0 Å². The van der Waals surface area contributed by atoms with Crippen LogP contribution in [0.4, 0.5) is 0 Å². The molecule has 74 valence electrons. The lowest BCUT2D eigenvalue weighted by molar-refractivity contribution is 0.394. The molecule has 3 nitrogen and oxygen atoms in total. The summed E-state index contributed by atoms with van der Waals surface area (Å²) >= 11 is 0. The lowest BCUT2D eigenvalue weighted by atomic mass is 10.1. The van der Waals surface area contributed by atoms with Crippen molar-refractivity contribution in [2.24, 2.45) is 0 Å². The second-order valence-electron chi connectivity index (χ2n) is 3.71. The van der Waals surface area contributed by atoms with Gasteiger partial charge in [-0.15, -0.1) is 0 Å². The standard InChI is InChI=1S/C10H18N2O/c1-5-6-12-10(13)8(4)9(11-12)7(2)3/h7,13H,5-6H2,1-4H3. The number of nitrogens with zero attached hydrogens (tertiary/aromatic N) is 2. The van der Waals surface area contributed by atoms with Crippen molar-refractivity contribution >= 4 is 0 Å². The van der Waals surface area contributed by atoms with Gasteiger partial charge in [0.1, 0.15) is 0 Å². The maximum atomic E-state index is 9.70. The Bertz CT molecular complexity index is 289.